The van der Waals surface area contributed by atoms with Crippen LogP contribution in [-0.2, 0) is 12.0 Å². The van der Waals surface area contributed by atoms with E-state index in [1.165, 1.54) is 24.3 Å². The molecular weight excluding hydrogens is 443 g/mol. The molecule has 0 amide bonds. The summed E-state index contributed by atoms with van der Waals surface area (Å²) in [4.78, 5) is 21.7. The number of thioether (sulfide) groups is 1. The van der Waals surface area contributed by atoms with E-state index in [4.69, 9.17) is 16.9 Å². The molecule has 0 radical (unpaired) electrons. The number of rotatable bonds is 6. The van der Waals surface area contributed by atoms with E-state index in [-0.39, 0.29) is 19.1 Å². The first-order chi connectivity index (χ1) is 15.9. The van der Waals surface area contributed by atoms with E-state index >= 15 is 0 Å². The van der Waals surface area contributed by atoms with Crippen LogP contribution in [0, 0.1) is 24.2 Å². The van der Waals surface area contributed by atoms with Gasteiger partial charge in [0.15, 0.2) is 5.17 Å². The molecule has 0 spiro atoms. The van der Waals surface area contributed by atoms with Gasteiger partial charge in [-0.2, -0.15) is 4.39 Å². The van der Waals surface area contributed by atoms with Crippen molar-refractivity contribution in [2.24, 2.45) is 16.6 Å². The summed E-state index contributed by atoms with van der Waals surface area (Å²) in [5.41, 5.74) is 8.17. The Balaban J connectivity index is 1.49. The zero-order chi connectivity index (χ0) is 23.2. The second-order valence-corrected chi connectivity index (χ2v) is 9.83. The highest BCUT2D eigenvalue weighted by atomic mass is 32.2. The largest absolute Gasteiger partial charge is 0.479 e. The number of nitrogens with two attached hydrogens (primary N) is 1. The van der Waals surface area contributed by atoms with Gasteiger partial charge in [0.2, 0.25) is 5.95 Å². The van der Waals surface area contributed by atoms with Crippen LogP contribution >= 0.6 is 11.8 Å². The Kier molecular flexibility index (Phi) is 5.18. The van der Waals surface area contributed by atoms with Gasteiger partial charge in [-0.1, -0.05) is 17.7 Å². The average Bonchev–Trinajstić information content (AvgIpc) is 3.55. The van der Waals surface area contributed by atoms with E-state index in [2.05, 4.69) is 30.8 Å². The highest BCUT2D eigenvalue weighted by molar-refractivity contribution is 8.15. The van der Waals surface area contributed by atoms with Crippen molar-refractivity contribution in [2.45, 2.75) is 30.1 Å². The Hall–Kier alpha value is -3.29. The molecule has 3 aromatic heterocycles. The van der Waals surface area contributed by atoms with Crippen molar-refractivity contribution < 1.29 is 14.2 Å². The number of halogens is 1. The summed E-state index contributed by atoms with van der Waals surface area (Å²) in [6.45, 7) is 1.96. The number of hydrogen-bond acceptors (Lipinski definition) is 9. The van der Waals surface area contributed by atoms with E-state index in [9.17, 15) is 9.50 Å². The maximum absolute atomic E-state index is 14.9. The van der Waals surface area contributed by atoms with Gasteiger partial charge in [-0.05, 0) is 25.0 Å². The number of pyridine rings is 2. The smallest absolute Gasteiger partial charge is 0.218 e. The third-order valence-electron chi connectivity index (χ3n) is 6.28. The third kappa shape index (κ3) is 3.67. The number of hydrogen-bond donors (Lipinski definition) is 2. The van der Waals surface area contributed by atoms with Gasteiger partial charge in [-0.3, -0.25) is 4.99 Å². The first-order valence-electron chi connectivity index (χ1n) is 10.3. The number of fused-ring (bicyclic) bond motifs is 2. The van der Waals surface area contributed by atoms with Gasteiger partial charge in [0.1, 0.15) is 24.2 Å². The minimum atomic E-state index is -0.902. The van der Waals surface area contributed by atoms with Crippen molar-refractivity contribution in [1.29, 1.82) is 0 Å². The van der Waals surface area contributed by atoms with Crippen LogP contribution in [0.1, 0.15) is 30.2 Å². The lowest BCUT2D eigenvalue weighted by Gasteiger charge is -2.33. The summed E-state index contributed by atoms with van der Waals surface area (Å²) in [6, 6.07) is 3.51. The monoisotopic (exact) mass is 464 g/mol. The molecule has 5 rings (SSSR count). The Labute approximate surface area is 193 Å². The molecule has 0 saturated heterocycles. The number of aliphatic hydroxyl groups excluding tert-OH is 1. The zero-order valence-electron chi connectivity index (χ0n) is 17.8. The molecule has 0 unspecified atom stereocenters. The third-order valence-corrected chi connectivity index (χ3v) is 7.57. The predicted molar refractivity (Wildman–Crippen MR) is 123 cm³/mol. The normalized spacial score (nSPS) is 25.8. The van der Waals surface area contributed by atoms with Crippen molar-refractivity contribution in [3.63, 3.8) is 0 Å². The molecule has 3 N–H and O–H groups in total. The minimum Gasteiger partial charge on any atom is -0.479 e. The molecule has 2 aliphatic rings. The van der Waals surface area contributed by atoms with Crippen molar-refractivity contribution in [3.05, 3.63) is 53.6 Å². The molecule has 3 aromatic rings. The molecule has 10 heteroatoms. The second kappa shape index (κ2) is 7.93. The predicted octanol–water partition coefficient (Wildman–Crippen LogP) is 2.19. The molecule has 0 bridgehead atoms. The van der Waals surface area contributed by atoms with Gasteiger partial charge >= 0.3 is 0 Å². The summed E-state index contributed by atoms with van der Waals surface area (Å²) >= 11 is 1.37. The van der Waals surface area contributed by atoms with E-state index in [0.29, 0.717) is 46.0 Å². The molecule has 4 heterocycles. The van der Waals surface area contributed by atoms with E-state index in [1.807, 2.05) is 6.92 Å². The Bertz CT molecular complexity index is 1330. The molecule has 1 saturated carbocycles. The lowest BCUT2D eigenvalue weighted by atomic mass is 9.86. The van der Waals surface area contributed by atoms with Crippen LogP contribution < -0.4 is 10.5 Å². The summed E-state index contributed by atoms with van der Waals surface area (Å²) in [6.07, 6.45) is 10.8. The quantitative estimate of drug-likeness (QED) is 0.421. The summed E-state index contributed by atoms with van der Waals surface area (Å²) in [5.74, 6) is 2.31. The molecule has 1 fully saturated rings. The van der Waals surface area contributed by atoms with Crippen molar-refractivity contribution in [3.8, 4) is 18.1 Å². The molecule has 168 valence electrons. The van der Waals surface area contributed by atoms with Crippen LogP contribution in [0.15, 0.2) is 35.8 Å². The average molecular weight is 465 g/mol. The summed E-state index contributed by atoms with van der Waals surface area (Å²) in [7, 11) is 0. The maximum atomic E-state index is 14.9. The van der Waals surface area contributed by atoms with E-state index in [1.54, 1.807) is 18.3 Å². The van der Waals surface area contributed by atoms with Crippen LogP contribution in [0.3, 0.4) is 0 Å². The van der Waals surface area contributed by atoms with Gasteiger partial charge in [-0.15, -0.1) is 6.42 Å². The number of aliphatic imine (C=N–C) groups is 1. The van der Waals surface area contributed by atoms with Gasteiger partial charge < -0.3 is 15.6 Å². The Morgan fingerprint density at radius 3 is 2.94 bits per heavy atom. The van der Waals surface area contributed by atoms with Crippen LogP contribution in [0.2, 0.25) is 0 Å². The lowest BCUT2D eigenvalue weighted by molar-refractivity contribution is 0.264. The van der Waals surface area contributed by atoms with E-state index in [0.717, 1.165) is 5.56 Å². The maximum Gasteiger partial charge on any atom is 0.218 e. The number of ether oxygens (including phenoxy) is 1. The van der Waals surface area contributed by atoms with Crippen LogP contribution in [0.25, 0.3) is 11.0 Å². The van der Waals surface area contributed by atoms with E-state index < -0.39 is 16.2 Å². The fourth-order valence-corrected chi connectivity index (χ4v) is 5.89. The lowest BCUT2D eigenvalue weighted by Crippen LogP contribution is -2.37. The van der Waals surface area contributed by atoms with Crippen molar-refractivity contribution in [1.82, 2.24) is 19.9 Å². The van der Waals surface area contributed by atoms with Gasteiger partial charge in [0, 0.05) is 30.2 Å². The molecular formula is C23H21FN6O2S. The molecule has 8 nitrogen and oxygen atoms in total. The van der Waals surface area contributed by atoms with Crippen LogP contribution in [-0.4, -0.2) is 48.2 Å². The first kappa shape index (κ1) is 21.6. The fraction of sp³-hybridized carbons (Fsp3) is 0.348. The minimum absolute atomic E-state index is 0.0261. The van der Waals surface area contributed by atoms with Gasteiger partial charge in [0.25, 0.3) is 0 Å². The fourth-order valence-electron chi connectivity index (χ4n) is 4.55. The number of aliphatic hydroxyl groups is 1. The Morgan fingerprint density at radius 1 is 1.30 bits per heavy atom. The van der Waals surface area contributed by atoms with Crippen LogP contribution in [0.4, 0.5) is 4.39 Å². The molecule has 3 atom stereocenters. The number of amidine groups is 1. The summed E-state index contributed by atoms with van der Waals surface area (Å²) in [5, 5.41) is 10.2. The SMILES string of the molecule is C#CCOc1cnc2c(Cc3cnc(F)c([C@@]4(C)N=C(N)S[C@@]5(CO)C[C@H]54)c3)ncnc2c1. The second-order valence-electron chi connectivity index (χ2n) is 8.39. The van der Waals surface area contributed by atoms with Crippen LogP contribution in [0.5, 0.6) is 5.75 Å². The topological polar surface area (TPSA) is 119 Å². The molecule has 1 aliphatic heterocycles. The molecule has 1 aliphatic carbocycles. The standard InChI is InChI=1S/C23H21FN6O2S/c1-3-4-32-14-7-17-19(26-10-14)16(28-12-29-17)6-13-5-15(20(24)27-9-13)22(2)18-8-23(18,11-31)33-21(25)30-22/h1,5,7,9-10,12,18,31H,4,6,8,11H2,2H3,(H2,25,30)/t18-,22+,23+/m0/s1. The molecule has 0 aromatic carbocycles. The zero-order valence-corrected chi connectivity index (χ0v) is 18.6. The number of nitrogens with zero attached hydrogens (tertiary/aromatic N) is 5. The number of aromatic nitrogens is 4. The highest BCUT2D eigenvalue weighted by Crippen LogP contribution is 2.65. The first-order valence-corrected chi connectivity index (χ1v) is 11.2. The number of terminal acetylenes is 1. The van der Waals surface area contributed by atoms with Crippen molar-refractivity contribution >= 4 is 28.0 Å². The van der Waals surface area contributed by atoms with Gasteiger partial charge in [0.05, 0.1) is 34.3 Å². The highest BCUT2D eigenvalue weighted by Gasteiger charge is 2.66. The molecule has 33 heavy (non-hydrogen) atoms. The van der Waals surface area contributed by atoms with Crippen molar-refractivity contribution in [2.75, 3.05) is 13.2 Å². The summed E-state index contributed by atoms with van der Waals surface area (Å²) < 4.78 is 19.9. The Morgan fingerprint density at radius 2 is 2.15 bits per heavy atom. The van der Waals surface area contributed by atoms with Gasteiger partial charge in [-0.25, -0.2) is 19.9 Å².